The van der Waals surface area contributed by atoms with Crippen LogP contribution in [0.1, 0.15) is 41.4 Å². The Labute approximate surface area is 383 Å². The Balaban J connectivity index is 1.29. The summed E-state index contributed by atoms with van der Waals surface area (Å²) >= 11 is 0. The van der Waals surface area contributed by atoms with Gasteiger partial charge in [0, 0.05) is 7.11 Å². The van der Waals surface area contributed by atoms with Crippen molar-refractivity contribution in [1.82, 2.24) is 0 Å². The Morgan fingerprint density at radius 1 is 0.433 bits per heavy atom. The molecule has 67 heavy (non-hydrogen) atoms. The standard InChI is InChI=1S/C47H50O20/c1-58-45-34(52)37(32(50)29(22-48)60-45)66-46-35(53)38(33(51)30(23-49)61-46)67-47-40(65-44(57)28-20-12-5-13-21-28)39(64-43(56)27-18-10-4-11-19-27)36(63-42(55)26-16-8-3-9-17-26)31(62-47)24-59-41(54)25-14-6-2-7-15-25/h2-21,29-40,45-53H,22-24H2,1H3/t29-,30-,31-,32-,33-,34-,35-,36-,37+,38+,39+,40-,45-,46+,47+/m1/s1. The number of esters is 4. The minimum absolute atomic E-state index is 0.00445. The maximum Gasteiger partial charge on any atom is 0.338 e. The van der Waals surface area contributed by atoms with Gasteiger partial charge in [-0.1, -0.05) is 72.8 Å². The van der Waals surface area contributed by atoms with Crippen LogP contribution in [-0.2, 0) is 47.4 Å². The average molecular weight is 935 g/mol. The predicted molar refractivity (Wildman–Crippen MR) is 225 cm³/mol. The third kappa shape index (κ3) is 11.5. The molecule has 15 atom stereocenters. The summed E-state index contributed by atoms with van der Waals surface area (Å²) in [5.41, 5.74) is 0.179. The Kier molecular flexibility index (Phi) is 16.8. The largest absolute Gasteiger partial charge is 0.459 e. The molecular formula is C47H50O20. The summed E-state index contributed by atoms with van der Waals surface area (Å²) in [6.07, 6.45) is -26.7. The third-order valence-electron chi connectivity index (χ3n) is 11.2. The molecule has 0 aliphatic carbocycles. The smallest absolute Gasteiger partial charge is 0.338 e. The molecule has 20 heteroatoms. The van der Waals surface area contributed by atoms with Gasteiger partial charge in [0.1, 0.15) is 61.5 Å². The summed E-state index contributed by atoms with van der Waals surface area (Å²) in [6.45, 7) is -2.39. The summed E-state index contributed by atoms with van der Waals surface area (Å²) in [5, 5.41) is 65.7. The van der Waals surface area contributed by atoms with Crippen LogP contribution in [-0.4, -0.2) is 174 Å². The molecule has 4 aromatic rings. The fourth-order valence-electron chi connectivity index (χ4n) is 7.68. The second kappa shape index (κ2) is 22.9. The van der Waals surface area contributed by atoms with E-state index in [1.807, 2.05) is 0 Å². The van der Waals surface area contributed by atoms with Gasteiger partial charge in [-0.3, -0.25) is 0 Å². The first-order chi connectivity index (χ1) is 32.4. The number of aliphatic hydroxyl groups is 6. The zero-order valence-corrected chi connectivity index (χ0v) is 35.7. The Hall–Kier alpha value is -5.72. The summed E-state index contributed by atoms with van der Waals surface area (Å²) < 4.78 is 58.6. The van der Waals surface area contributed by atoms with E-state index in [4.69, 9.17) is 47.4 Å². The number of rotatable bonds is 16. The number of carbonyl (C=O) groups is 4. The average Bonchev–Trinajstić information content (AvgIpc) is 3.36. The number of methoxy groups -OCH3 is 1. The number of carbonyl (C=O) groups excluding carboxylic acids is 4. The lowest BCUT2D eigenvalue weighted by Crippen LogP contribution is -2.67. The molecule has 0 aromatic heterocycles. The van der Waals surface area contributed by atoms with Crippen LogP contribution in [0.25, 0.3) is 0 Å². The zero-order chi connectivity index (χ0) is 47.6. The molecule has 0 bridgehead atoms. The molecule has 3 fully saturated rings. The molecular weight excluding hydrogens is 884 g/mol. The maximum atomic E-state index is 14.0. The van der Waals surface area contributed by atoms with Crippen LogP contribution in [0.4, 0.5) is 0 Å². The monoisotopic (exact) mass is 934 g/mol. The lowest BCUT2D eigenvalue weighted by molar-refractivity contribution is -0.379. The second-order valence-corrected chi connectivity index (χ2v) is 15.6. The first-order valence-electron chi connectivity index (χ1n) is 21.2. The SMILES string of the molecule is CO[C@@H]1O[C@H](CO)[C@@H](O)[C@H](O[C@@H]2O[C@H](CO)[C@@H](O)[C@H](O[C@@H]3O[C@H](COC(=O)c4ccccc4)[C@@H](OC(=O)c4ccccc4)[C@H](OC(=O)c4ccccc4)[C@H]3OC(=O)c3ccccc3)[C@H]2O)[C@H]1O. The molecule has 0 unspecified atom stereocenters. The highest BCUT2D eigenvalue weighted by Crippen LogP contribution is 2.36. The second-order valence-electron chi connectivity index (χ2n) is 15.6. The maximum absolute atomic E-state index is 14.0. The number of hydrogen-bond donors (Lipinski definition) is 6. The van der Waals surface area contributed by atoms with Gasteiger partial charge in [0.05, 0.1) is 35.5 Å². The topological polar surface area (TPSA) is 282 Å². The van der Waals surface area contributed by atoms with Crippen LogP contribution in [0, 0.1) is 0 Å². The number of ether oxygens (including phenoxy) is 10. The van der Waals surface area contributed by atoms with E-state index in [0.717, 1.165) is 0 Å². The molecule has 3 aliphatic heterocycles. The van der Waals surface area contributed by atoms with Crippen molar-refractivity contribution in [2.24, 2.45) is 0 Å². The van der Waals surface area contributed by atoms with Crippen LogP contribution in [0.3, 0.4) is 0 Å². The van der Waals surface area contributed by atoms with Gasteiger partial charge in [-0.05, 0) is 48.5 Å². The number of aliphatic hydroxyl groups excluding tert-OH is 6. The fourth-order valence-corrected chi connectivity index (χ4v) is 7.68. The quantitative estimate of drug-likeness (QED) is 0.0661. The van der Waals surface area contributed by atoms with Crippen molar-refractivity contribution < 1.29 is 97.2 Å². The summed E-state index contributed by atoms with van der Waals surface area (Å²) in [5.74, 6) is -3.83. The Morgan fingerprint density at radius 3 is 1.22 bits per heavy atom. The summed E-state index contributed by atoms with van der Waals surface area (Å²) in [4.78, 5) is 55.3. The van der Waals surface area contributed by atoms with E-state index in [-0.39, 0.29) is 22.3 Å². The number of benzene rings is 4. The molecule has 6 N–H and O–H groups in total. The zero-order valence-electron chi connectivity index (χ0n) is 35.7. The molecule has 3 saturated heterocycles. The van der Waals surface area contributed by atoms with Crippen LogP contribution in [0.5, 0.6) is 0 Å². The lowest BCUT2D eigenvalue weighted by Gasteiger charge is -2.49. The van der Waals surface area contributed by atoms with E-state index < -0.39 is 136 Å². The highest BCUT2D eigenvalue weighted by atomic mass is 16.8. The van der Waals surface area contributed by atoms with Gasteiger partial charge in [-0.15, -0.1) is 0 Å². The molecule has 3 aliphatic rings. The van der Waals surface area contributed by atoms with Gasteiger partial charge in [-0.25, -0.2) is 19.2 Å². The first-order valence-corrected chi connectivity index (χ1v) is 21.2. The van der Waals surface area contributed by atoms with Gasteiger partial charge in [0.25, 0.3) is 0 Å². The van der Waals surface area contributed by atoms with E-state index in [9.17, 15) is 49.8 Å². The molecule has 358 valence electrons. The van der Waals surface area contributed by atoms with Crippen LogP contribution in [0.15, 0.2) is 121 Å². The minimum atomic E-state index is -2.10. The van der Waals surface area contributed by atoms with E-state index in [0.29, 0.717) is 0 Å². The van der Waals surface area contributed by atoms with Crippen molar-refractivity contribution in [3.8, 4) is 0 Å². The van der Waals surface area contributed by atoms with Gasteiger partial charge >= 0.3 is 23.9 Å². The van der Waals surface area contributed by atoms with Crippen molar-refractivity contribution in [3.05, 3.63) is 144 Å². The van der Waals surface area contributed by atoms with Gasteiger partial charge in [-0.2, -0.15) is 0 Å². The van der Waals surface area contributed by atoms with E-state index >= 15 is 0 Å². The highest BCUT2D eigenvalue weighted by molar-refractivity contribution is 5.91. The Bertz CT molecular complexity index is 2200. The lowest BCUT2D eigenvalue weighted by atomic mass is 9.95. The van der Waals surface area contributed by atoms with Gasteiger partial charge in [0.15, 0.2) is 37.2 Å². The van der Waals surface area contributed by atoms with Crippen LogP contribution >= 0.6 is 0 Å². The van der Waals surface area contributed by atoms with Crippen molar-refractivity contribution in [2.75, 3.05) is 26.9 Å². The third-order valence-corrected chi connectivity index (χ3v) is 11.2. The molecule has 7 rings (SSSR count). The van der Waals surface area contributed by atoms with E-state index in [2.05, 4.69) is 0 Å². The minimum Gasteiger partial charge on any atom is -0.459 e. The predicted octanol–water partition coefficient (Wildman–Crippen LogP) is 0.540. The van der Waals surface area contributed by atoms with Gasteiger partial charge in [0.2, 0.25) is 0 Å². The van der Waals surface area contributed by atoms with Crippen molar-refractivity contribution in [1.29, 1.82) is 0 Å². The first kappa shape index (κ1) is 49.2. The molecule has 0 radical (unpaired) electrons. The van der Waals surface area contributed by atoms with Gasteiger partial charge < -0.3 is 78.0 Å². The number of hydrogen-bond acceptors (Lipinski definition) is 20. The van der Waals surface area contributed by atoms with Crippen molar-refractivity contribution in [3.63, 3.8) is 0 Å². The molecule has 4 aromatic carbocycles. The van der Waals surface area contributed by atoms with Crippen LogP contribution < -0.4 is 0 Å². The highest BCUT2D eigenvalue weighted by Gasteiger charge is 2.57. The summed E-state index contributed by atoms with van der Waals surface area (Å²) in [7, 11) is 1.18. The van der Waals surface area contributed by atoms with E-state index in [1.54, 1.807) is 72.8 Å². The van der Waals surface area contributed by atoms with Crippen molar-refractivity contribution in [2.45, 2.75) is 92.1 Å². The van der Waals surface area contributed by atoms with Crippen LogP contribution in [0.2, 0.25) is 0 Å². The molecule has 20 nitrogen and oxygen atoms in total. The normalized spacial score (nSPS) is 31.8. The summed E-state index contributed by atoms with van der Waals surface area (Å²) in [6, 6.07) is 30.7. The van der Waals surface area contributed by atoms with E-state index in [1.165, 1.54) is 55.6 Å². The molecule has 0 saturated carbocycles. The van der Waals surface area contributed by atoms with Crippen molar-refractivity contribution >= 4 is 23.9 Å². The Morgan fingerprint density at radius 2 is 0.791 bits per heavy atom. The molecule has 0 amide bonds. The molecule has 0 spiro atoms. The fraction of sp³-hybridized carbons (Fsp3) is 0.404. The molecule has 3 heterocycles.